The Morgan fingerprint density at radius 3 is 2.31 bits per heavy atom. The first-order valence-electron chi connectivity index (χ1n) is 8.05. The van der Waals surface area contributed by atoms with Gasteiger partial charge in [-0.25, -0.2) is 4.39 Å². The third kappa shape index (κ3) is 7.28. The largest absolute Gasteiger partial charge is 0.573 e. The highest BCUT2D eigenvalue weighted by Crippen LogP contribution is 2.30. The van der Waals surface area contributed by atoms with Gasteiger partial charge in [0.1, 0.15) is 11.6 Å². The average Bonchev–Trinajstić information content (AvgIpc) is 2.51. The second kappa shape index (κ2) is 9.98. The monoisotopic (exact) mass is 380 g/mol. The first-order chi connectivity index (χ1) is 12.2. The first-order valence-corrected chi connectivity index (χ1v) is 8.05. The molecule has 1 aromatic rings. The number of ether oxygens (including phenoxy) is 3. The maximum absolute atomic E-state index is 14.2. The Hall–Kier alpha value is -2.32. The van der Waals surface area contributed by atoms with Crippen LogP contribution in [0.2, 0.25) is 0 Å². The second-order valence-electron chi connectivity index (χ2n) is 5.23. The van der Waals surface area contributed by atoms with Crippen molar-refractivity contribution >= 4 is 11.9 Å². The van der Waals surface area contributed by atoms with Gasteiger partial charge in [0.25, 0.3) is 0 Å². The number of carbonyl (C=O) groups is 2. The highest BCUT2D eigenvalue weighted by Gasteiger charge is 2.32. The van der Waals surface area contributed by atoms with Crippen molar-refractivity contribution in [1.82, 2.24) is 0 Å². The molecule has 0 fully saturated rings. The van der Waals surface area contributed by atoms with E-state index in [1.807, 2.05) is 0 Å². The molecule has 1 atom stereocenters. The number of alkyl halides is 3. The average molecular weight is 380 g/mol. The molecule has 0 heterocycles. The van der Waals surface area contributed by atoms with Crippen molar-refractivity contribution in [1.29, 1.82) is 0 Å². The van der Waals surface area contributed by atoms with E-state index in [1.54, 1.807) is 13.8 Å². The van der Waals surface area contributed by atoms with Crippen molar-refractivity contribution in [3.05, 3.63) is 29.6 Å². The molecule has 0 saturated heterocycles. The molecule has 0 spiro atoms. The Kier molecular flexibility index (Phi) is 8.34. The van der Waals surface area contributed by atoms with Crippen LogP contribution in [0.4, 0.5) is 17.6 Å². The fraction of sp³-hybridized carbons (Fsp3) is 0.529. The summed E-state index contributed by atoms with van der Waals surface area (Å²) in [7, 11) is 0. The maximum atomic E-state index is 14.2. The zero-order valence-corrected chi connectivity index (χ0v) is 14.4. The molecule has 1 rings (SSSR count). The third-order valence-corrected chi connectivity index (χ3v) is 3.33. The number of benzene rings is 1. The van der Waals surface area contributed by atoms with E-state index in [4.69, 9.17) is 9.47 Å². The summed E-state index contributed by atoms with van der Waals surface area (Å²) >= 11 is 0. The highest BCUT2D eigenvalue weighted by atomic mass is 19.4. The summed E-state index contributed by atoms with van der Waals surface area (Å²) in [6.07, 6.45) is -4.62. The van der Waals surface area contributed by atoms with Gasteiger partial charge in [0.15, 0.2) is 0 Å². The molecule has 9 heteroatoms. The van der Waals surface area contributed by atoms with Crippen LogP contribution in [0.25, 0.3) is 0 Å². The van der Waals surface area contributed by atoms with Crippen LogP contribution < -0.4 is 4.74 Å². The lowest BCUT2D eigenvalue weighted by atomic mass is 9.93. The summed E-state index contributed by atoms with van der Waals surface area (Å²) in [6.45, 7) is 3.50. The van der Waals surface area contributed by atoms with E-state index in [0.717, 1.165) is 12.1 Å². The molecular weight excluding hydrogens is 360 g/mol. The summed E-state index contributed by atoms with van der Waals surface area (Å²) in [5.74, 6) is -3.98. The number of carbonyl (C=O) groups excluding carboxylic acids is 2. The Labute approximate surface area is 148 Å². The Morgan fingerprint density at radius 2 is 1.77 bits per heavy atom. The van der Waals surface area contributed by atoms with Gasteiger partial charge in [0.05, 0.1) is 19.1 Å². The topological polar surface area (TPSA) is 61.8 Å². The Balaban J connectivity index is 2.92. The third-order valence-electron chi connectivity index (χ3n) is 3.33. The molecule has 0 aromatic heterocycles. The van der Waals surface area contributed by atoms with Crippen LogP contribution in [-0.4, -0.2) is 31.5 Å². The van der Waals surface area contributed by atoms with Gasteiger partial charge < -0.3 is 14.2 Å². The van der Waals surface area contributed by atoms with E-state index in [1.165, 1.54) is 0 Å². The molecule has 5 nitrogen and oxygen atoms in total. The molecule has 0 aliphatic heterocycles. The molecule has 0 radical (unpaired) electrons. The fourth-order valence-corrected chi connectivity index (χ4v) is 2.31. The predicted molar refractivity (Wildman–Crippen MR) is 82.9 cm³/mol. The maximum Gasteiger partial charge on any atom is 0.573 e. The van der Waals surface area contributed by atoms with Crippen LogP contribution in [-0.2, 0) is 19.1 Å². The SMILES string of the molecule is CCOC(=O)CCCC(C(=O)OCC)c1ccc(OC(F)(F)F)cc1F. The lowest BCUT2D eigenvalue weighted by Gasteiger charge is -2.17. The van der Waals surface area contributed by atoms with Crippen molar-refractivity contribution < 1.29 is 41.4 Å². The second-order valence-corrected chi connectivity index (χ2v) is 5.23. The fourth-order valence-electron chi connectivity index (χ4n) is 2.31. The molecule has 0 saturated carbocycles. The molecule has 0 N–H and O–H groups in total. The summed E-state index contributed by atoms with van der Waals surface area (Å²) in [4.78, 5) is 23.5. The molecule has 0 aliphatic carbocycles. The summed E-state index contributed by atoms with van der Waals surface area (Å²) < 4.78 is 64.2. The number of esters is 2. The van der Waals surface area contributed by atoms with Gasteiger partial charge in [-0.1, -0.05) is 6.07 Å². The highest BCUT2D eigenvalue weighted by molar-refractivity contribution is 5.78. The van der Waals surface area contributed by atoms with Crippen molar-refractivity contribution in [2.24, 2.45) is 0 Å². The van der Waals surface area contributed by atoms with Crippen LogP contribution >= 0.6 is 0 Å². The summed E-state index contributed by atoms with van der Waals surface area (Å²) in [5, 5.41) is 0. The van der Waals surface area contributed by atoms with Crippen molar-refractivity contribution in [2.45, 2.75) is 45.4 Å². The van der Waals surface area contributed by atoms with Crippen LogP contribution in [0.3, 0.4) is 0 Å². The van der Waals surface area contributed by atoms with Gasteiger partial charge in [-0.3, -0.25) is 9.59 Å². The van der Waals surface area contributed by atoms with Gasteiger partial charge in [0, 0.05) is 18.1 Å². The Bertz CT molecular complexity index is 616. The van der Waals surface area contributed by atoms with Crippen LogP contribution in [0.1, 0.15) is 44.6 Å². The van der Waals surface area contributed by atoms with Gasteiger partial charge in [-0.15, -0.1) is 13.2 Å². The lowest BCUT2D eigenvalue weighted by Crippen LogP contribution is -2.19. The molecular formula is C17H20F4O5. The molecule has 1 unspecified atom stereocenters. The van der Waals surface area contributed by atoms with E-state index < -0.39 is 35.8 Å². The van der Waals surface area contributed by atoms with E-state index in [-0.39, 0.29) is 38.0 Å². The van der Waals surface area contributed by atoms with E-state index in [9.17, 15) is 27.2 Å². The number of halogens is 4. The summed E-state index contributed by atoms with van der Waals surface area (Å²) in [5.41, 5.74) is -0.123. The van der Waals surface area contributed by atoms with E-state index >= 15 is 0 Å². The van der Waals surface area contributed by atoms with Crippen molar-refractivity contribution in [3.8, 4) is 5.75 Å². The van der Waals surface area contributed by atoms with Crippen molar-refractivity contribution in [3.63, 3.8) is 0 Å². The van der Waals surface area contributed by atoms with Gasteiger partial charge in [-0.2, -0.15) is 0 Å². The molecule has 146 valence electrons. The normalized spacial score (nSPS) is 12.4. The minimum Gasteiger partial charge on any atom is -0.466 e. The van der Waals surface area contributed by atoms with Gasteiger partial charge >= 0.3 is 18.3 Å². The number of hydrogen-bond acceptors (Lipinski definition) is 5. The molecule has 1 aromatic carbocycles. The lowest BCUT2D eigenvalue weighted by molar-refractivity contribution is -0.274. The minimum absolute atomic E-state index is 0.0284. The number of hydrogen-bond donors (Lipinski definition) is 0. The minimum atomic E-state index is -4.95. The van der Waals surface area contributed by atoms with Gasteiger partial charge in [0.2, 0.25) is 0 Å². The van der Waals surface area contributed by atoms with E-state index in [2.05, 4.69) is 4.74 Å². The standard InChI is InChI=1S/C17H20F4O5/c1-3-24-15(22)7-5-6-13(16(23)25-4-2)12-9-8-11(10-14(12)18)26-17(19,20)21/h8-10,13H,3-7H2,1-2H3. The molecule has 0 aliphatic rings. The first kappa shape index (κ1) is 21.7. The zero-order chi connectivity index (χ0) is 19.7. The predicted octanol–water partition coefficient (Wildman–Crippen LogP) is 4.10. The van der Waals surface area contributed by atoms with Crippen molar-refractivity contribution in [2.75, 3.05) is 13.2 Å². The quantitative estimate of drug-likeness (QED) is 0.477. The summed E-state index contributed by atoms with van der Waals surface area (Å²) in [6, 6.07) is 2.52. The Morgan fingerprint density at radius 1 is 1.12 bits per heavy atom. The zero-order valence-electron chi connectivity index (χ0n) is 14.4. The number of rotatable bonds is 9. The molecule has 0 amide bonds. The van der Waals surface area contributed by atoms with Crippen LogP contribution in [0.15, 0.2) is 18.2 Å². The van der Waals surface area contributed by atoms with E-state index in [0.29, 0.717) is 6.07 Å². The van der Waals surface area contributed by atoms with Crippen LogP contribution in [0, 0.1) is 5.82 Å². The smallest absolute Gasteiger partial charge is 0.466 e. The molecule has 26 heavy (non-hydrogen) atoms. The van der Waals surface area contributed by atoms with Gasteiger partial charge in [-0.05, 0) is 32.8 Å². The van der Waals surface area contributed by atoms with Crippen LogP contribution in [0.5, 0.6) is 5.75 Å². The molecule has 0 bridgehead atoms.